The zero-order valence-electron chi connectivity index (χ0n) is 13.0. The Morgan fingerprint density at radius 2 is 1.70 bits per heavy atom. The van der Waals surface area contributed by atoms with Crippen LogP contribution in [0, 0.1) is 0 Å². The van der Waals surface area contributed by atoms with Crippen molar-refractivity contribution in [2.45, 2.75) is 57.7 Å². The summed E-state index contributed by atoms with van der Waals surface area (Å²) in [7, 11) is 1.39. The summed E-state index contributed by atoms with van der Waals surface area (Å²) in [6.07, 6.45) is 2.53. The SMILES string of the molecule is COc1ccc(C2CC2)c(B2OC(C)(C)C(C)(C)O2)c1. The number of methoxy groups -OCH3 is 1. The number of ether oxygens (including phenoxy) is 1. The van der Waals surface area contributed by atoms with E-state index in [-0.39, 0.29) is 18.3 Å². The molecule has 2 fully saturated rings. The van der Waals surface area contributed by atoms with Crippen LogP contribution in [0.4, 0.5) is 0 Å². The van der Waals surface area contributed by atoms with E-state index in [1.54, 1.807) is 7.11 Å². The summed E-state index contributed by atoms with van der Waals surface area (Å²) < 4.78 is 17.7. The number of rotatable bonds is 3. The van der Waals surface area contributed by atoms with Crippen LogP contribution in [-0.4, -0.2) is 25.4 Å². The summed E-state index contributed by atoms with van der Waals surface area (Å²) in [5, 5.41) is 0. The molecular weight excluding hydrogens is 251 g/mol. The van der Waals surface area contributed by atoms with E-state index in [1.165, 1.54) is 18.4 Å². The smallest absolute Gasteiger partial charge is 0.495 e. The van der Waals surface area contributed by atoms with Crippen LogP contribution < -0.4 is 10.2 Å². The first kappa shape index (κ1) is 14.0. The van der Waals surface area contributed by atoms with Crippen LogP contribution >= 0.6 is 0 Å². The fourth-order valence-corrected chi connectivity index (χ4v) is 2.62. The van der Waals surface area contributed by atoms with Crippen molar-refractivity contribution in [3.63, 3.8) is 0 Å². The minimum atomic E-state index is -0.304. The molecule has 0 aromatic heterocycles. The van der Waals surface area contributed by atoms with Crippen molar-refractivity contribution in [3.8, 4) is 5.75 Å². The molecule has 3 nitrogen and oxygen atoms in total. The molecule has 0 atom stereocenters. The van der Waals surface area contributed by atoms with Crippen LogP contribution in [0.2, 0.25) is 0 Å². The van der Waals surface area contributed by atoms with Crippen LogP contribution in [0.3, 0.4) is 0 Å². The second-order valence-corrected chi connectivity index (χ2v) is 6.86. The van der Waals surface area contributed by atoms with E-state index in [0.717, 1.165) is 11.2 Å². The molecule has 0 unspecified atom stereocenters. The lowest BCUT2D eigenvalue weighted by Crippen LogP contribution is -2.41. The summed E-state index contributed by atoms with van der Waals surface area (Å²) in [5.41, 5.74) is 1.87. The second kappa shape index (κ2) is 4.50. The van der Waals surface area contributed by atoms with Crippen molar-refractivity contribution >= 4 is 12.6 Å². The molecular formula is C16H23BO3. The zero-order valence-corrected chi connectivity index (χ0v) is 13.0. The standard InChI is InChI=1S/C16H23BO3/c1-15(2)16(3,4)20-17(19-15)14-10-12(18-5)8-9-13(14)11-6-7-11/h8-11H,6-7H2,1-5H3. The van der Waals surface area contributed by atoms with E-state index in [0.29, 0.717) is 5.92 Å². The van der Waals surface area contributed by atoms with Gasteiger partial charge in [0, 0.05) is 0 Å². The highest BCUT2D eigenvalue weighted by molar-refractivity contribution is 6.62. The van der Waals surface area contributed by atoms with Crippen molar-refractivity contribution < 1.29 is 14.0 Å². The Morgan fingerprint density at radius 1 is 1.10 bits per heavy atom. The maximum atomic E-state index is 6.19. The summed E-state index contributed by atoms with van der Waals surface area (Å²) in [4.78, 5) is 0. The average molecular weight is 274 g/mol. The van der Waals surface area contributed by atoms with Gasteiger partial charge in [0.15, 0.2) is 0 Å². The first-order valence-corrected chi connectivity index (χ1v) is 7.37. The monoisotopic (exact) mass is 274 g/mol. The molecule has 3 rings (SSSR count). The minimum absolute atomic E-state index is 0.300. The molecule has 0 amide bonds. The zero-order chi connectivity index (χ0) is 14.5. The van der Waals surface area contributed by atoms with Crippen molar-refractivity contribution in [1.29, 1.82) is 0 Å². The van der Waals surface area contributed by atoms with Crippen LogP contribution in [0.5, 0.6) is 5.75 Å². The number of hydrogen-bond acceptors (Lipinski definition) is 3. The average Bonchev–Trinajstić information content (AvgIpc) is 3.17. The van der Waals surface area contributed by atoms with Crippen LogP contribution in [0.15, 0.2) is 18.2 Å². The molecule has 1 aliphatic heterocycles. The molecule has 4 heteroatoms. The van der Waals surface area contributed by atoms with Gasteiger partial charge in [-0.2, -0.15) is 0 Å². The Kier molecular flexibility index (Phi) is 3.14. The van der Waals surface area contributed by atoms with E-state index in [9.17, 15) is 0 Å². The Labute approximate surface area is 121 Å². The van der Waals surface area contributed by atoms with Crippen LogP contribution in [0.1, 0.15) is 52.0 Å². The summed E-state index contributed by atoms with van der Waals surface area (Å²) in [6, 6.07) is 6.26. The molecule has 0 N–H and O–H groups in total. The first-order valence-electron chi connectivity index (χ1n) is 7.37. The van der Waals surface area contributed by atoms with Gasteiger partial charge in [0.1, 0.15) is 5.75 Å². The largest absolute Gasteiger partial charge is 0.497 e. The highest BCUT2D eigenvalue weighted by atomic mass is 16.7. The normalized spacial score (nSPS) is 23.9. The third-order valence-corrected chi connectivity index (χ3v) is 4.82. The third kappa shape index (κ3) is 2.25. The first-order chi connectivity index (χ1) is 9.34. The molecule has 0 radical (unpaired) electrons. The molecule has 1 aromatic carbocycles. The molecule has 0 bridgehead atoms. The topological polar surface area (TPSA) is 27.7 Å². The summed E-state index contributed by atoms with van der Waals surface area (Å²) in [6.45, 7) is 8.35. The van der Waals surface area contributed by atoms with Gasteiger partial charge >= 0.3 is 7.12 Å². The summed E-state index contributed by atoms with van der Waals surface area (Å²) in [5.74, 6) is 1.52. The van der Waals surface area contributed by atoms with E-state index in [1.807, 2.05) is 6.07 Å². The lowest BCUT2D eigenvalue weighted by Gasteiger charge is -2.32. The molecule has 108 valence electrons. The molecule has 1 saturated heterocycles. The van der Waals surface area contributed by atoms with Gasteiger partial charge in [-0.05, 0) is 69.6 Å². The summed E-state index contributed by atoms with van der Waals surface area (Å²) >= 11 is 0. The van der Waals surface area contributed by atoms with E-state index in [2.05, 4.69) is 39.8 Å². The van der Waals surface area contributed by atoms with E-state index < -0.39 is 0 Å². The molecule has 1 saturated carbocycles. The number of hydrogen-bond donors (Lipinski definition) is 0. The van der Waals surface area contributed by atoms with Gasteiger partial charge in [0.25, 0.3) is 0 Å². The predicted octanol–water partition coefficient (Wildman–Crippen LogP) is 2.87. The molecule has 2 aliphatic rings. The van der Waals surface area contributed by atoms with Gasteiger partial charge < -0.3 is 14.0 Å². The molecule has 1 heterocycles. The molecule has 1 aliphatic carbocycles. The lowest BCUT2D eigenvalue weighted by atomic mass is 9.74. The molecule has 1 aromatic rings. The maximum Gasteiger partial charge on any atom is 0.495 e. The second-order valence-electron chi connectivity index (χ2n) is 6.86. The number of benzene rings is 1. The van der Waals surface area contributed by atoms with Crippen LogP contribution in [-0.2, 0) is 9.31 Å². The van der Waals surface area contributed by atoms with Gasteiger partial charge in [0.2, 0.25) is 0 Å². The third-order valence-electron chi connectivity index (χ3n) is 4.82. The fraction of sp³-hybridized carbons (Fsp3) is 0.625. The van der Waals surface area contributed by atoms with Crippen molar-refractivity contribution in [2.24, 2.45) is 0 Å². The highest BCUT2D eigenvalue weighted by Crippen LogP contribution is 2.42. The quantitative estimate of drug-likeness (QED) is 0.793. The van der Waals surface area contributed by atoms with Gasteiger partial charge in [-0.1, -0.05) is 6.07 Å². The van der Waals surface area contributed by atoms with Gasteiger partial charge in [-0.3, -0.25) is 0 Å². The lowest BCUT2D eigenvalue weighted by molar-refractivity contribution is 0.00578. The Bertz CT molecular complexity index is 504. The van der Waals surface area contributed by atoms with Gasteiger partial charge in [0.05, 0.1) is 18.3 Å². The minimum Gasteiger partial charge on any atom is -0.497 e. The molecule has 20 heavy (non-hydrogen) atoms. The van der Waals surface area contributed by atoms with Crippen molar-refractivity contribution in [1.82, 2.24) is 0 Å². The highest BCUT2D eigenvalue weighted by Gasteiger charge is 2.52. The molecule has 0 spiro atoms. The van der Waals surface area contributed by atoms with Gasteiger partial charge in [-0.25, -0.2) is 0 Å². The Morgan fingerprint density at radius 3 is 2.20 bits per heavy atom. The predicted molar refractivity (Wildman–Crippen MR) is 80.7 cm³/mol. The van der Waals surface area contributed by atoms with Crippen LogP contribution in [0.25, 0.3) is 0 Å². The van der Waals surface area contributed by atoms with E-state index >= 15 is 0 Å². The van der Waals surface area contributed by atoms with E-state index in [4.69, 9.17) is 14.0 Å². The van der Waals surface area contributed by atoms with Crippen molar-refractivity contribution in [2.75, 3.05) is 7.11 Å². The Balaban J connectivity index is 1.97. The Hall–Kier alpha value is -0.995. The van der Waals surface area contributed by atoms with Gasteiger partial charge in [-0.15, -0.1) is 0 Å². The fourth-order valence-electron chi connectivity index (χ4n) is 2.62. The van der Waals surface area contributed by atoms with Crippen molar-refractivity contribution in [3.05, 3.63) is 23.8 Å². The maximum absolute atomic E-state index is 6.19.